The van der Waals surface area contributed by atoms with Crippen LogP contribution in [0.5, 0.6) is 0 Å². The molecular weight excluding hydrogens is 210 g/mol. The average molecular weight is 225 g/mol. The third kappa shape index (κ3) is 3.14. The van der Waals surface area contributed by atoms with Gasteiger partial charge in [-0.25, -0.2) is 5.01 Å². The van der Waals surface area contributed by atoms with Crippen LogP contribution in [0.25, 0.3) is 0 Å². The molecule has 0 heterocycles. The summed E-state index contributed by atoms with van der Waals surface area (Å²) in [6, 6.07) is 17.9. The molecule has 0 aliphatic rings. The highest BCUT2D eigenvalue weighted by atomic mass is 15.5. The lowest BCUT2D eigenvalue weighted by atomic mass is 10.2. The van der Waals surface area contributed by atoms with Gasteiger partial charge in [-0.15, -0.1) is 5.11 Å². The van der Waals surface area contributed by atoms with Gasteiger partial charge in [0.2, 0.25) is 0 Å². The Labute approximate surface area is 101 Å². The highest BCUT2D eigenvalue weighted by Gasteiger charge is 1.97. The van der Waals surface area contributed by atoms with Crippen LogP contribution in [0, 0.1) is 6.92 Å². The zero-order chi connectivity index (χ0) is 12.1. The van der Waals surface area contributed by atoms with Gasteiger partial charge in [-0.3, -0.25) is 0 Å². The molecule has 0 fully saturated rings. The lowest BCUT2D eigenvalue weighted by molar-refractivity contribution is 0.923. The lowest BCUT2D eigenvalue weighted by Gasteiger charge is -2.11. The van der Waals surface area contributed by atoms with E-state index in [0.717, 1.165) is 11.4 Å². The maximum atomic E-state index is 4.16. The number of hydrogen-bond donors (Lipinski definition) is 0. The first kappa shape index (κ1) is 11.3. The van der Waals surface area contributed by atoms with Crippen molar-refractivity contribution < 1.29 is 0 Å². The van der Waals surface area contributed by atoms with Crippen molar-refractivity contribution in [1.29, 1.82) is 0 Å². The number of rotatable bonds is 3. The number of aryl methyl sites for hydroxylation is 1. The van der Waals surface area contributed by atoms with Gasteiger partial charge in [-0.2, -0.15) is 0 Å². The highest BCUT2D eigenvalue weighted by Crippen LogP contribution is 2.16. The van der Waals surface area contributed by atoms with Crippen molar-refractivity contribution >= 4 is 11.4 Å². The van der Waals surface area contributed by atoms with Crippen molar-refractivity contribution in [2.24, 2.45) is 10.3 Å². The van der Waals surface area contributed by atoms with Crippen LogP contribution in [0.15, 0.2) is 64.9 Å². The Morgan fingerprint density at radius 1 is 0.882 bits per heavy atom. The predicted octanol–water partition coefficient (Wildman–Crippen LogP) is 4.13. The quantitative estimate of drug-likeness (QED) is 0.570. The fourth-order valence-electron chi connectivity index (χ4n) is 1.43. The summed E-state index contributed by atoms with van der Waals surface area (Å²) in [5, 5.41) is 10.1. The third-order valence-corrected chi connectivity index (χ3v) is 2.46. The van der Waals surface area contributed by atoms with Crippen molar-refractivity contribution in [2.75, 3.05) is 12.1 Å². The van der Waals surface area contributed by atoms with E-state index in [1.54, 1.807) is 5.01 Å². The molecule has 0 unspecified atom stereocenters. The van der Waals surface area contributed by atoms with Gasteiger partial charge in [0.15, 0.2) is 0 Å². The van der Waals surface area contributed by atoms with Gasteiger partial charge < -0.3 is 0 Å². The molecule has 0 amide bonds. The Balaban J connectivity index is 2.09. The summed E-state index contributed by atoms with van der Waals surface area (Å²) in [7, 11) is 1.89. The Bertz CT molecular complexity index is 489. The summed E-state index contributed by atoms with van der Waals surface area (Å²) in [6.45, 7) is 2.06. The molecule has 0 aliphatic heterocycles. The Kier molecular flexibility index (Phi) is 3.50. The molecule has 0 radical (unpaired) electrons. The van der Waals surface area contributed by atoms with Gasteiger partial charge in [-0.1, -0.05) is 41.1 Å². The normalized spacial score (nSPS) is 10.7. The minimum atomic E-state index is 0.853. The molecule has 0 saturated heterocycles. The number of hydrogen-bond acceptors (Lipinski definition) is 2. The van der Waals surface area contributed by atoms with E-state index in [0.29, 0.717) is 0 Å². The van der Waals surface area contributed by atoms with Crippen molar-refractivity contribution in [3.63, 3.8) is 0 Å². The van der Waals surface area contributed by atoms with Gasteiger partial charge in [-0.05, 0) is 31.2 Å². The van der Waals surface area contributed by atoms with Crippen LogP contribution in [0.4, 0.5) is 11.4 Å². The predicted molar refractivity (Wildman–Crippen MR) is 70.5 cm³/mol. The number of benzene rings is 2. The van der Waals surface area contributed by atoms with Crippen molar-refractivity contribution in [2.45, 2.75) is 6.92 Å². The molecule has 0 aliphatic carbocycles. The van der Waals surface area contributed by atoms with Gasteiger partial charge in [0.1, 0.15) is 0 Å². The third-order valence-electron chi connectivity index (χ3n) is 2.46. The number of anilines is 1. The molecule has 0 atom stereocenters. The van der Waals surface area contributed by atoms with E-state index in [-0.39, 0.29) is 0 Å². The first-order valence-electron chi connectivity index (χ1n) is 5.53. The van der Waals surface area contributed by atoms with Crippen molar-refractivity contribution in [3.8, 4) is 0 Å². The summed E-state index contributed by atoms with van der Waals surface area (Å²) in [6.07, 6.45) is 0. The Hall–Kier alpha value is -2.16. The summed E-state index contributed by atoms with van der Waals surface area (Å²) >= 11 is 0. The van der Waals surface area contributed by atoms with Crippen molar-refractivity contribution in [1.82, 2.24) is 0 Å². The average Bonchev–Trinajstić information content (AvgIpc) is 2.38. The number of nitrogens with zero attached hydrogens (tertiary/aromatic N) is 3. The summed E-state index contributed by atoms with van der Waals surface area (Å²) in [4.78, 5) is 0. The zero-order valence-electron chi connectivity index (χ0n) is 10.0. The Morgan fingerprint density at radius 3 is 2.18 bits per heavy atom. The minimum Gasteiger partial charge on any atom is -0.250 e. The fourth-order valence-corrected chi connectivity index (χ4v) is 1.43. The minimum absolute atomic E-state index is 0.853. The van der Waals surface area contributed by atoms with Crippen molar-refractivity contribution in [3.05, 3.63) is 60.2 Å². The second kappa shape index (κ2) is 5.25. The second-order valence-electron chi connectivity index (χ2n) is 3.88. The van der Waals surface area contributed by atoms with Crippen LogP contribution >= 0.6 is 0 Å². The topological polar surface area (TPSA) is 28.0 Å². The van der Waals surface area contributed by atoms with Gasteiger partial charge in [0, 0.05) is 7.05 Å². The Morgan fingerprint density at radius 2 is 1.53 bits per heavy atom. The molecule has 2 rings (SSSR count). The maximum Gasteiger partial charge on any atom is 0.0874 e. The van der Waals surface area contributed by atoms with Crippen LogP contribution in [0.2, 0.25) is 0 Å². The van der Waals surface area contributed by atoms with Crippen LogP contribution in [0.1, 0.15) is 5.56 Å². The smallest absolute Gasteiger partial charge is 0.0874 e. The molecule has 3 heteroatoms. The molecule has 86 valence electrons. The molecule has 0 saturated carbocycles. The molecular formula is C14H15N3. The zero-order valence-corrected chi connectivity index (χ0v) is 10.0. The molecule has 0 N–H and O–H groups in total. The van der Waals surface area contributed by atoms with E-state index in [1.165, 1.54) is 5.56 Å². The molecule has 17 heavy (non-hydrogen) atoms. The van der Waals surface area contributed by atoms with E-state index < -0.39 is 0 Å². The second-order valence-corrected chi connectivity index (χ2v) is 3.88. The largest absolute Gasteiger partial charge is 0.250 e. The highest BCUT2D eigenvalue weighted by molar-refractivity contribution is 5.45. The van der Waals surface area contributed by atoms with Crippen LogP contribution in [-0.4, -0.2) is 7.05 Å². The summed E-state index contributed by atoms with van der Waals surface area (Å²) < 4.78 is 0. The molecule has 0 bridgehead atoms. The van der Waals surface area contributed by atoms with E-state index in [4.69, 9.17) is 0 Å². The molecule has 2 aromatic rings. The standard InChI is InChI=1S/C14H15N3/c1-12-8-10-14(11-9-12)17(2)16-15-13-6-4-3-5-7-13/h3-11H,1-2H3. The monoisotopic (exact) mass is 225 g/mol. The first-order chi connectivity index (χ1) is 8.25. The summed E-state index contributed by atoms with van der Waals surface area (Å²) in [5.74, 6) is 0. The SMILES string of the molecule is Cc1ccc(N(C)N=Nc2ccccc2)cc1. The van der Waals surface area contributed by atoms with Gasteiger partial charge in [0.05, 0.1) is 11.4 Å². The first-order valence-corrected chi connectivity index (χ1v) is 5.53. The van der Waals surface area contributed by atoms with E-state index in [1.807, 2.05) is 49.5 Å². The van der Waals surface area contributed by atoms with Crippen LogP contribution < -0.4 is 5.01 Å². The van der Waals surface area contributed by atoms with E-state index >= 15 is 0 Å². The fraction of sp³-hybridized carbons (Fsp3) is 0.143. The lowest BCUT2D eigenvalue weighted by Crippen LogP contribution is -2.06. The van der Waals surface area contributed by atoms with Crippen LogP contribution in [-0.2, 0) is 0 Å². The van der Waals surface area contributed by atoms with E-state index in [2.05, 4.69) is 29.4 Å². The molecule has 3 nitrogen and oxygen atoms in total. The summed E-state index contributed by atoms with van der Waals surface area (Å²) in [5.41, 5.74) is 3.11. The van der Waals surface area contributed by atoms with Gasteiger partial charge in [0.25, 0.3) is 0 Å². The maximum absolute atomic E-state index is 4.16. The van der Waals surface area contributed by atoms with Crippen LogP contribution in [0.3, 0.4) is 0 Å². The molecule has 2 aromatic carbocycles. The molecule has 0 spiro atoms. The van der Waals surface area contributed by atoms with E-state index in [9.17, 15) is 0 Å². The molecule has 0 aromatic heterocycles. The van der Waals surface area contributed by atoms with Gasteiger partial charge >= 0.3 is 0 Å².